The molecule has 0 atom stereocenters. The molecular formula is C23H24N2O6. The van der Waals surface area contributed by atoms with Gasteiger partial charge in [0.1, 0.15) is 12.4 Å². The summed E-state index contributed by atoms with van der Waals surface area (Å²) >= 11 is 0. The van der Waals surface area contributed by atoms with Crippen molar-refractivity contribution in [3.8, 4) is 0 Å². The Hall–Kier alpha value is -3.65. The van der Waals surface area contributed by atoms with Crippen LogP contribution in [0.2, 0.25) is 0 Å². The van der Waals surface area contributed by atoms with E-state index in [0.29, 0.717) is 17.8 Å². The van der Waals surface area contributed by atoms with E-state index in [0.717, 1.165) is 5.69 Å². The van der Waals surface area contributed by atoms with Gasteiger partial charge in [0.05, 0.1) is 26.4 Å². The fourth-order valence-corrected chi connectivity index (χ4v) is 3.34. The lowest BCUT2D eigenvalue weighted by molar-refractivity contribution is -0.140. The first kappa shape index (κ1) is 22.0. The van der Waals surface area contributed by atoms with E-state index in [2.05, 4.69) is 0 Å². The van der Waals surface area contributed by atoms with Crippen LogP contribution < -0.4 is 9.80 Å². The summed E-state index contributed by atoms with van der Waals surface area (Å²) in [5, 5.41) is 0. The summed E-state index contributed by atoms with van der Waals surface area (Å²) < 4.78 is 15.1. The van der Waals surface area contributed by atoms with Gasteiger partial charge in [0.15, 0.2) is 0 Å². The SMILES string of the molecule is CCN(C(=O)c1ccc(N2COCC(C(=O)OC)=C2C(=O)OC)cc1)c1ccccc1. The lowest BCUT2D eigenvalue weighted by atomic mass is 10.1. The number of rotatable bonds is 6. The van der Waals surface area contributed by atoms with Crippen molar-refractivity contribution in [3.63, 3.8) is 0 Å². The summed E-state index contributed by atoms with van der Waals surface area (Å²) in [6.07, 6.45) is 0. The van der Waals surface area contributed by atoms with Crippen LogP contribution in [0.1, 0.15) is 17.3 Å². The van der Waals surface area contributed by atoms with Crippen LogP contribution in [-0.4, -0.2) is 51.9 Å². The zero-order valence-corrected chi connectivity index (χ0v) is 17.7. The Kier molecular flexibility index (Phi) is 7.04. The maximum absolute atomic E-state index is 13.0. The van der Waals surface area contributed by atoms with E-state index >= 15 is 0 Å². The molecule has 2 aromatic carbocycles. The molecule has 8 nitrogen and oxygen atoms in total. The Bertz CT molecular complexity index is 985. The number of hydrogen-bond acceptors (Lipinski definition) is 7. The number of para-hydroxylation sites is 1. The number of nitrogens with zero attached hydrogens (tertiary/aromatic N) is 2. The molecule has 0 unspecified atom stereocenters. The van der Waals surface area contributed by atoms with Crippen molar-refractivity contribution in [2.24, 2.45) is 0 Å². The highest BCUT2D eigenvalue weighted by molar-refractivity contribution is 6.06. The van der Waals surface area contributed by atoms with Gasteiger partial charge >= 0.3 is 11.9 Å². The summed E-state index contributed by atoms with van der Waals surface area (Å²) in [5.74, 6) is -1.49. The van der Waals surface area contributed by atoms with E-state index in [1.165, 1.54) is 19.1 Å². The van der Waals surface area contributed by atoms with Gasteiger partial charge in [-0.3, -0.25) is 4.79 Å². The van der Waals surface area contributed by atoms with Crippen molar-refractivity contribution in [3.05, 3.63) is 71.4 Å². The second-order valence-electron chi connectivity index (χ2n) is 6.65. The first-order valence-electron chi connectivity index (χ1n) is 9.73. The molecule has 1 aliphatic rings. The van der Waals surface area contributed by atoms with Crippen LogP contribution in [0.5, 0.6) is 0 Å². The second kappa shape index (κ2) is 9.90. The molecule has 0 fully saturated rings. The number of carbonyl (C=O) groups excluding carboxylic acids is 3. The third-order valence-corrected chi connectivity index (χ3v) is 4.89. The van der Waals surface area contributed by atoms with Crippen molar-refractivity contribution in [1.29, 1.82) is 0 Å². The Morgan fingerprint density at radius 2 is 1.61 bits per heavy atom. The average Bonchev–Trinajstić information content (AvgIpc) is 2.83. The van der Waals surface area contributed by atoms with Crippen molar-refractivity contribution >= 4 is 29.2 Å². The van der Waals surface area contributed by atoms with Gasteiger partial charge < -0.3 is 24.0 Å². The fourth-order valence-electron chi connectivity index (χ4n) is 3.34. The number of ether oxygens (including phenoxy) is 3. The largest absolute Gasteiger partial charge is 0.466 e. The van der Waals surface area contributed by atoms with Gasteiger partial charge in [-0.2, -0.15) is 0 Å². The smallest absolute Gasteiger partial charge is 0.355 e. The van der Waals surface area contributed by atoms with Gasteiger partial charge in [0.25, 0.3) is 5.91 Å². The van der Waals surface area contributed by atoms with E-state index in [4.69, 9.17) is 14.2 Å². The molecule has 31 heavy (non-hydrogen) atoms. The summed E-state index contributed by atoms with van der Waals surface area (Å²) in [4.78, 5) is 40.7. The molecule has 8 heteroatoms. The quantitative estimate of drug-likeness (QED) is 0.659. The third-order valence-electron chi connectivity index (χ3n) is 4.89. The number of esters is 2. The minimum absolute atomic E-state index is 0.0450. The normalized spacial score (nSPS) is 13.6. The molecular weight excluding hydrogens is 400 g/mol. The monoisotopic (exact) mass is 424 g/mol. The number of methoxy groups -OCH3 is 2. The number of carbonyl (C=O) groups is 3. The summed E-state index contributed by atoms with van der Waals surface area (Å²) in [7, 11) is 2.47. The molecule has 1 heterocycles. The predicted octanol–water partition coefficient (Wildman–Crippen LogP) is 2.75. The lowest BCUT2D eigenvalue weighted by Crippen LogP contribution is -2.38. The summed E-state index contributed by atoms with van der Waals surface area (Å²) in [6, 6.07) is 16.1. The van der Waals surface area contributed by atoms with E-state index in [1.807, 2.05) is 37.3 Å². The Morgan fingerprint density at radius 3 is 2.19 bits per heavy atom. The van der Waals surface area contributed by atoms with Crippen LogP contribution in [0.4, 0.5) is 11.4 Å². The maximum Gasteiger partial charge on any atom is 0.355 e. The van der Waals surface area contributed by atoms with Crippen LogP contribution in [0.15, 0.2) is 65.9 Å². The molecule has 0 saturated heterocycles. The first-order chi connectivity index (χ1) is 15.0. The van der Waals surface area contributed by atoms with E-state index in [1.54, 1.807) is 29.2 Å². The van der Waals surface area contributed by atoms with Gasteiger partial charge in [-0.05, 0) is 43.3 Å². The number of amides is 1. The number of hydrogen-bond donors (Lipinski definition) is 0. The van der Waals surface area contributed by atoms with Crippen LogP contribution >= 0.6 is 0 Å². The molecule has 0 aliphatic carbocycles. The van der Waals surface area contributed by atoms with Crippen LogP contribution in [-0.2, 0) is 23.8 Å². The Morgan fingerprint density at radius 1 is 0.968 bits per heavy atom. The van der Waals surface area contributed by atoms with E-state index in [-0.39, 0.29) is 30.5 Å². The van der Waals surface area contributed by atoms with Gasteiger partial charge in [-0.15, -0.1) is 0 Å². The molecule has 0 saturated carbocycles. The number of anilines is 2. The average molecular weight is 424 g/mol. The van der Waals surface area contributed by atoms with Crippen molar-refractivity contribution in [2.45, 2.75) is 6.92 Å². The Labute approximate surface area is 180 Å². The summed E-state index contributed by atoms with van der Waals surface area (Å²) in [5.41, 5.74) is 1.99. The minimum atomic E-state index is -0.676. The van der Waals surface area contributed by atoms with Gasteiger partial charge in [0, 0.05) is 23.5 Å². The molecule has 1 amide bonds. The Balaban J connectivity index is 1.91. The zero-order valence-electron chi connectivity index (χ0n) is 17.7. The van der Waals surface area contributed by atoms with Crippen molar-refractivity contribution in [1.82, 2.24) is 0 Å². The van der Waals surface area contributed by atoms with E-state index in [9.17, 15) is 14.4 Å². The van der Waals surface area contributed by atoms with Crippen LogP contribution in [0, 0.1) is 0 Å². The highest BCUT2D eigenvalue weighted by Gasteiger charge is 2.32. The van der Waals surface area contributed by atoms with Crippen LogP contribution in [0.3, 0.4) is 0 Å². The molecule has 0 N–H and O–H groups in total. The molecule has 3 rings (SSSR count). The van der Waals surface area contributed by atoms with Crippen molar-refractivity contribution < 1.29 is 28.6 Å². The molecule has 0 bridgehead atoms. The zero-order chi connectivity index (χ0) is 22.4. The highest BCUT2D eigenvalue weighted by Crippen LogP contribution is 2.27. The molecule has 0 spiro atoms. The highest BCUT2D eigenvalue weighted by atomic mass is 16.5. The standard InChI is InChI=1S/C23H24N2O6/c1-4-24(17-8-6-5-7-9-17)21(26)16-10-12-18(13-11-16)25-15-31-14-19(22(27)29-2)20(25)23(28)30-3/h5-13H,4,14-15H2,1-3H3. The fraction of sp³-hybridized carbons (Fsp3) is 0.261. The molecule has 2 aromatic rings. The van der Waals surface area contributed by atoms with Crippen LogP contribution in [0.25, 0.3) is 0 Å². The predicted molar refractivity (Wildman–Crippen MR) is 115 cm³/mol. The lowest BCUT2D eigenvalue weighted by Gasteiger charge is -2.31. The van der Waals surface area contributed by atoms with Gasteiger partial charge in [-0.25, -0.2) is 9.59 Å². The minimum Gasteiger partial charge on any atom is -0.466 e. The second-order valence-corrected chi connectivity index (χ2v) is 6.65. The maximum atomic E-state index is 13.0. The summed E-state index contributed by atoms with van der Waals surface area (Å²) in [6.45, 7) is 2.41. The molecule has 0 radical (unpaired) electrons. The molecule has 162 valence electrons. The van der Waals surface area contributed by atoms with Gasteiger partial charge in [-0.1, -0.05) is 18.2 Å². The van der Waals surface area contributed by atoms with E-state index < -0.39 is 11.9 Å². The molecule has 0 aromatic heterocycles. The van der Waals surface area contributed by atoms with Crippen molar-refractivity contribution in [2.75, 3.05) is 43.9 Å². The van der Waals surface area contributed by atoms with Gasteiger partial charge in [0.2, 0.25) is 0 Å². The molecule has 1 aliphatic heterocycles. The number of benzene rings is 2. The first-order valence-corrected chi connectivity index (χ1v) is 9.73. The topological polar surface area (TPSA) is 85.4 Å². The third kappa shape index (κ3) is 4.59.